The van der Waals surface area contributed by atoms with Gasteiger partial charge in [0.1, 0.15) is 0 Å². The van der Waals surface area contributed by atoms with Crippen molar-refractivity contribution in [2.45, 2.75) is 32.1 Å². The SMILES string of the molecule is O=C1NCCN1c1cccc(NCC2CCCCC2)c1. The first kappa shape index (κ1) is 13.3. The summed E-state index contributed by atoms with van der Waals surface area (Å²) >= 11 is 0. The number of rotatable bonds is 4. The molecule has 0 unspecified atom stereocenters. The number of carbonyl (C=O) groups is 1. The third-order valence-electron chi connectivity index (χ3n) is 4.33. The van der Waals surface area contributed by atoms with Gasteiger partial charge in [0.15, 0.2) is 0 Å². The lowest BCUT2D eigenvalue weighted by atomic mass is 9.89. The molecule has 2 fully saturated rings. The molecule has 0 spiro atoms. The zero-order valence-electron chi connectivity index (χ0n) is 11.9. The van der Waals surface area contributed by atoms with Gasteiger partial charge >= 0.3 is 6.03 Å². The van der Waals surface area contributed by atoms with Crippen molar-refractivity contribution in [3.05, 3.63) is 24.3 Å². The Morgan fingerprint density at radius 2 is 2.10 bits per heavy atom. The highest BCUT2D eigenvalue weighted by Gasteiger charge is 2.21. The lowest BCUT2D eigenvalue weighted by Crippen LogP contribution is -2.27. The van der Waals surface area contributed by atoms with Crippen LogP contribution in [0.5, 0.6) is 0 Å². The van der Waals surface area contributed by atoms with Crippen LogP contribution in [0, 0.1) is 5.92 Å². The third kappa shape index (κ3) is 3.06. The summed E-state index contributed by atoms with van der Waals surface area (Å²) in [5.41, 5.74) is 2.10. The van der Waals surface area contributed by atoms with Crippen LogP contribution in [0.3, 0.4) is 0 Å². The van der Waals surface area contributed by atoms with E-state index in [0.29, 0.717) is 0 Å². The zero-order chi connectivity index (χ0) is 13.8. The monoisotopic (exact) mass is 273 g/mol. The average Bonchev–Trinajstić information content (AvgIpc) is 2.93. The van der Waals surface area contributed by atoms with Crippen molar-refractivity contribution >= 4 is 17.4 Å². The first-order valence-electron chi connectivity index (χ1n) is 7.72. The quantitative estimate of drug-likeness (QED) is 0.884. The molecule has 108 valence electrons. The van der Waals surface area contributed by atoms with E-state index in [1.54, 1.807) is 4.90 Å². The Morgan fingerprint density at radius 1 is 1.25 bits per heavy atom. The Balaban J connectivity index is 1.60. The maximum atomic E-state index is 11.7. The van der Waals surface area contributed by atoms with Crippen molar-refractivity contribution in [2.75, 3.05) is 29.9 Å². The average molecular weight is 273 g/mol. The third-order valence-corrected chi connectivity index (χ3v) is 4.33. The van der Waals surface area contributed by atoms with Gasteiger partial charge in [0.25, 0.3) is 0 Å². The molecule has 1 aliphatic carbocycles. The van der Waals surface area contributed by atoms with Crippen molar-refractivity contribution in [1.29, 1.82) is 0 Å². The second-order valence-electron chi connectivity index (χ2n) is 5.82. The molecule has 2 aliphatic rings. The van der Waals surface area contributed by atoms with Gasteiger partial charge in [-0.2, -0.15) is 0 Å². The van der Waals surface area contributed by atoms with Crippen LogP contribution >= 0.6 is 0 Å². The van der Waals surface area contributed by atoms with E-state index < -0.39 is 0 Å². The number of benzene rings is 1. The second-order valence-corrected chi connectivity index (χ2v) is 5.82. The standard InChI is InChI=1S/C16H23N3O/c20-16-17-9-10-19(16)15-8-4-7-14(11-15)18-12-13-5-2-1-3-6-13/h4,7-8,11,13,18H,1-3,5-6,9-10,12H2,(H,17,20). The van der Waals surface area contributed by atoms with Gasteiger partial charge in [-0.1, -0.05) is 25.3 Å². The van der Waals surface area contributed by atoms with Crippen LogP contribution in [0.1, 0.15) is 32.1 Å². The van der Waals surface area contributed by atoms with E-state index in [-0.39, 0.29) is 6.03 Å². The van der Waals surface area contributed by atoms with E-state index in [1.165, 1.54) is 32.1 Å². The molecule has 0 aromatic heterocycles. The zero-order valence-corrected chi connectivity index (χ0v) is 11.9. The van der Waals surface area contributed by atoms with Gasteiger partial charge in [0.05, 0.1) is 0 Å². The number of carbonyl (C=O) groups excluding carboxylic acids is 1. The van der Waals surface area contributed by atoms with E-state index in [0.717, 1.165) is 36.9 Å². The van der Waals surface area contributed by atoms with Crippen LogP contribution in [0.4, 0.5) is 16.2 Å². The number of nitrogens with zero attached hydrogens (tertiary/aromatic N) is 1. The largest absolute Gasteiger partial charge is 0.385 e. The van der Waals surface area contributed by atoms with Crippen molar-refractivity contribution in [2.24, 2.45) is 5.92 Å². The molecular formula is C16H23N3O. The molecule has 4 heteroatoms. The predicted molar refractivity (Wildman–Crippen MR) is 82.3 cm³/mol. The summed E-state index contributed by atoms with van der Waals surface area (Å²) in [5, 5.41) is 6.37. The van der Waals surface area contributed by atoms with Gasteiger partial charge in [-0.05, 0) is 37.0 Å². The van der Waals surface area contributed by atoms with E-state index in [4.69, 9.17) is 0 Å². The minimum atomic E-state index is 0.00873. The van der Waals surface area contributed by atoms with Crippen LogP contribution in [-0.4, -0.2) is 25.7 Å². The molecule has 3 rings (SSSR count). The van der Waals surface area contributed by atoms with Crippen molar-refractivity contribution in [1.82, 2.24) is 5.32 Å². The topological polar surface area (TPSA) is 44.4 Å². The molecule has 4 nitrogen and oxygen atoms in total. The van der Waals surface area contributed by atoms with Crippen LogP contribution in [0.25, 0.3) is 0 Å². The highest BCUT2D eigenvalue weighted by Crippen LogP contribution is 2.25. The van der Waals surface area contributed by atoms with Gasteiger partial charge in [-0.25, -0.2) is 4.79 Å². The van der Waals surface area contributed by atoms with Crippen LogP contribution < -0.4 is 15.5 Å². The molecule has 2 amide bonds. The summed E-state index contributed by atoms with van der Waals surface area (Å²) in [6.45, 7) is 2.54. The van der Waals surface area contributed by atoms with Gasteiger partial charge < -0.3 is 10.6 Å². The summed E-state index contributed by atoms with van der Waals surface area (Å²) in [6.07, 6.45) is 6.85. The minimum Gasteiger partial charge on any atom is -0.385 e. The molecule has 1 aromatic carbocycles. The number of nitrogens with one attached hydrogen (secondary N) is 2. The Kier molecular flexibility index (Phi) is 4.09. The Morgan fingerprint density at radius 3 is 2.85 bits per heavy atom. The van der Waals surface area contributed by atoms with Crippen molar-refractivity contribution < 1.29 is 4.79 Å². The molecule has 1 aliphatic heterocycles. The highest BCUT2D eigenvalue weighted by atomic mass is 16.2. The van der Waals surface area contributed by atoms with Crippen molar-refractivity contribution in [3.8, 4) is 0 Å². The fraction of sp³-hybridized carbons (Fsp3) is 0.562. The lowest BCUT2D eigenvalue weighted by molar-refractivity contribution is 0.252. The predicted octanol–water partition coefficient (Wildman–Crippen LogP) is 3.21. The summed E-state index contributed by atoms with van der Waals surface area (Å²) in [6, 6.07) is 8.18. The molecule has 20 heavy (non-hydrogen) atoms. The Hall–Kier alpha value is -1.71. The molecular weight excluding hydrogens is 250 g/mol. The molecule has 0 radical (unpaired) electrons. The maximum Gasteiger partial charge on any atom is 0.321 e. The summed E-state index contributed by atoms with van der Waals surface area (Å²) in [5.74, 6) is 0.808. The Bertz CT molecular complexity index is 469. The number of urea groups is 1. The second kappa shape index (κ2) is 6.16. The number of hydrogen-bond acceptors (Lipinski definition) is 2. The Labute approximate surface area is 120 Å². The first-order valence-corrected chi connectivity index (χ1v) is 7.72. The van der Waals surface area contributed by atoms with Crippen LogP contribution in [0.2, 0.25) is 0 Å². The molecule has 1 heterocycles. The minimum absolute atomic E-state index is 0.00873. The van der Waals surface area contributed by atoms with Gasteiger partial charge in [-0.3, -0.25) is 4.90 Å². The molecule has 0 bridgehead atoms. The summed E-state index contributed by atoms with van der Waals surface area (Å²) < 4.78 is 0. The van der Waals surface area contributed by atoms with Gasteiger partial charge in [0, 0.05) is 31.0 Å². The van der Waals surface area contributed by atoms with Crippen LogP contribution in [-0.2, 0) is 0 Å². The van der Waals surface area contributed by atoms with E-state index in [9.17, 15) is 4.79 Å². The maximum absolute atomic E-state index is 11.7. The number of anilines is 2. The normalized spacial score (nSPS) is 20.0. The van der Waals surface area contributed by atoms with Gasteiger partial charge in [-0.15, -0.1) is 0 Å². The number of hydrogen-bond donors (Lipinski definition) is 2. The fourth-order valence-corrected chi connectivity index (χ4v) is 3.16. The molecule has 2 N–H and O–H groups in total. The number of amides is 2. The molecule has 1 aromatic rings. The summed E-state index contributed by atoms with van der Waals surface area (Å²) in [7, 11) is 0. The van der Waals surface area contributed by atoms with E-state index >= 15 is 0 Å². The molecule has 1 saturated heterocycles. The highest BCUT2D eigenvalue weighted by molar-refractivity contribution is 5.94. The fourth-order valence-electron chi connectivity index (χ4n) is 3.16. The molecule has 0 atom stereocenters. The van der Waals surface area contributed by atoms with E-state index in [2.05, 4.69) is 22.8 Å². The summed E-state index contributed by atoms with van der Waals surface area (Å²) in [4.78, 5) is 13.5. The van der Waals surface area contributed by atoms with Gasteiger partial charge in [0.2, 0.25) is 0 Å². The van der Waals surface area contributed by atoms with Crippen LogP contribution in [0.15, 0.2) is 24.3 Å². The first-order chi connectivity index (χ1) is 9.83. The molecule has 1 saturated carbocycles. The lowest BCUT2D eigenvalue weighted by Gasteiger charge is -2.22. The van der Waals surface area contributed by atoms with Crippen molar-refractivity contribution in [3.63, 3.8) is 0 Å². The smallest absolute Gasteiger partial charge is 0.321 e. The van der Waals surface area contributed by atoms with E-state index in [1.807, 2.05) is 12.1 Å².